The first-order chi connectivity index (χ1) is 9.55. The minimum atomic E-state index is -1.14. The van der Waals surface area contributed by atoms with E-state index in [2.05, 4.69) is 33.5 Å². The first kappa shape index (κ1) is 19.4. The van der Waals surface area contributed by atoms with E-state index in [0.717, 1.165) is 38.5 Å². The molecule has 0 aromatic rings. The van der Waals surface area contributed by atoms with E-state index in [1.54, 1.807) is 0 Å². The summed E-state index contributed by atoms with van der Waals surface area (Å²) >= 11 is 0. The molecule has 118 valence electrons. The minimum absolute atomic E-state index is 0.0454. The van der Waals surface area contributed by atoms with Gasteiger partial charge in [0.25, 0.3) is 0 Å². The van der Waals surface area contributed by atoms with Crippen molar-refractivity contribution in [3.8, 4) is 0 Å². The Hall–Kier alpha value is -0.573. The summed E-state index contributed by atoms with van der Waals surface area (Å²) in [5.74, 6) is 0.0454. The highest BCUT2D eigenvalue weighted by atomic mass is 28.3. The molecule has 0 aliphatic carbocycles. The number of hydrogen-bond acceptors (Lipinski definition) is 2. The third kappa shape index (κ3) is 6.25. The predicted molar refractivity (Wildman–Crippen MR) is 91.0 cm³/mol. The van der Waals surface area contributed by atoms with Crippen LogP contribution in [0.5, 0.6) is 0 Å². The van der Waals surface area contributed by atoms with Crippen LogP contribution in [0.3, 0.4) is 0 Å². The zero-order valence-electron chi connectivity index (χ0n) is 14.0. The first-order valence-corrected chi connectivity index (χ1v) is 11.2. The quantitative estimate of drug-likeness (QED) is 0.217. The third-order valence-corrected chi connectivity index (χ3v) is 7.20. The minimum Gasteiger partial charge on any atom is -0.465 e. The molecule has 0 amide bonds. The number of ether oxygens (including phenoxy) is 1. The van der Waals surface area contributed by atoms with E-state index in [9.17, 15) is 4.79 Å². The second-order valence-electron chi connectivity index (χ2n) is 6.10. The molecule has 0 radical (unpaired) electrons. The fourth-order valence-electron chi connectivity index (χ4n) is 2.63. The van der Waals surface area contributed by atoms with Crippen molar-refractivity contribution in [1.29, 1.82) is 0 Å². The van der Waals surface area contributed by atoms with Crippen LogP contribution in [0, 0.1) is 0 Å². The Bertz CT molecular complexity index is 276. The second-order valence-corrected chi connectivity index (χ2v) is 9.52. The van der Waals surface area contributed by atoms with Gasteiger partial charge in [0, 0.05) is 0 Å². The normalized spacial score (nSPS) is 14.1. The fourth-order valence-corrected chi connectivity index (χ4v) is 4.61. The van der Waals surface area contributed by atoms with Crippen molar-refractivity contribution >= 4 is 14.8 Å². The average molecular weight is 299 g/mol. The zero-order chi connectivity index (χ0) is 15.4. The van der Waals surface area contributed by atoms with Gasteiger partial charge in [0.1, 0.15) is 0 Å². The Kier molecular flexibility index (Phi) is 10.8. The van der Waals surface area contributed by atoms with Gasteiger partial charge in [-0.1, -0.05) is 65.1 Å². The molecule has 3 heteroatoms. The van der Waals surface area contributed by atoms with Crippen molar-refractivity contribution < 1.29 is 9.53 Å². The van der Waals surface area contributed by atoms with Crippen molar-refractivity contribution in [2.24, 2.45) is 0 Å². The Morgan fingerprint density at radius 1 is 1.15 bits per heavy atom. The number of esters is 1. The van der Waals surface area contributed by atoms with Gasteiger partial charge in [-0.05, 0) is 19.3 Å². The van der Waals surface area contributed by atoms with E-state index >= 15 is 0 Å². The van der Waals surface area contributed by atoms with E-state index in [1.807, 2.05) is 6.08 Å². The highest BCUT2D eigenvalue weighted by Crippen LogP contribution is 2.42. The Morgan fingerprint density at radius 3 is 2.30 bits per heavy atom. The van der Waals surface area contributed by atoms with Gasteiger partial charge < -0.3 is 4.74 Å². The van der Waals surface area contributed by atoms with Crippen LogP contribution in [0.4, 0.5) is 0 Å². The van der Waals surface area contributed by atoms with Crippen LogP contribution >= 0.6 is 0 Å². The average Bonchev–Trinajstić information content (AvgIpc) is 2.42. The number of hydrogen-bond donors (Lipinski definition) is 0. The molecule has 0 aromatic carbocycles. The van der Waals surface area contributed by atoms with Gasteiger partial charge >= 0.3 is 5.97 Å². The zero-order valence-corrected chi connectivity index (χ0v) is 15.2. The van der Waals surface area contributed by atoms with Gasteiger partial charge in [-0.15, -0.1) is 6.58 Å². The van der Waals surface area contributed by atoms with E-state index in [-0.39, 0.29) is 11.0 Å². The van der Waals surface area contributed by atoms with E-state index < -0.39 is 8.80 Å². The van der Waals surface area contributed by atoms with Gasteiger partial charge in [-0.25, -0.2) is 0 Å². The lowest BCUT2D eigenvalue weighted by molar-refractivity contribution is -0.148. The number of unbranched alkanes of at least 4 members (excludes halogenated alkanes) is 4. The van der Waals surface area contributed by atoms with Crippen LogP contribution in [0.25, 0.3) is 0 Å². The molecular formula is C17H34O2Si. The van der Waals surface area contributed by atoms with Crippen molar-refractivity contribution in [3.63, 3.8) is 0 Å². The molecule has 0 aliphatic heterocycles. The largest absolute Gasteiger partial charge is 0.465 e. The standard InChI is InChI=1S/C17H34O2Si/c1-6-9-11-12-15-19-16(18)17(13-8-3,20(4)5)14-10-7-2/h8,20H,3,6-7,9-15H2,1-2,4-5H3. The van der Waals surface area contributed by atoms with Crippen LogP contribution in [-0.2, 0) is 9.53 Å². The lowest BCUT2D eigenvalue weighted by Gasteiger charge is -2.34. The summed E-state index contributed by atoms with van der Waals surface area (Å²) in [4.78, 5) is 12.6. The van der Waals surface area contributed by atoms with Gasteiger partial charge in [0.2, 0.25) is 0 Å². The van der Waals surface area contributed by atoms with Gasteiger partial charge in [-0.2, -0.15) is 0 Å². The maximum atomic E-state index is 12.6. The van der Waals surface area contributed by atoms with E-state index in [1.165, 1.54) is 12.8 Å². The Labute approximate surface area is 127 Å². The molecule has 0 saturated carbocycles. The van der Waals surface area contributed by atoms with Crippen LogP contribution < -0.4 is 0 Å². The second kappa shape index (κ2) is 11.1. The molecule has 0 saturated heterocycles. The molecule has 0 rings (SSSR count). The summed E-state index contributed by atoms with van der Waals surface area (Å²) in [7, 11) is -1.14. The molecular weight excluding hydrogens is 264 g/mol. The van der Waals surface area contributed by atoms with Crippen molar-refractivity contribution in [1.82, 2.24) is 0 Å². The van der Waals surface area contributed by atoms with Gasteiger partial charge in [-0.3, -0.25) is 4.79 Å². The molecule has 0 fully saturated rings. The number of allylic oxidation sites excluding steroid dienone is 1. The molecule has 0 aromatic heterocycles. The van der Waals surface area contributed by atoms with Gasteiger partial charge in [0.05, 0.1) is 20.4 Å². The molecule has 2 nitrogen and oxygen atoms in total. The molecule has 0 heterocycles. The first-order valence-electron chi connectivity index (χ1n) is 8.33. The molecule has 0 bridgehead atoms. The monoisotopic (exact) mass is 298 g/mol. The van der Waals surface area contributed by atoms with Gasteiger partial charge in [0.15, 0.2) is 0 Å². The maximum absolute atomic E-state index is 12.6. The predicted octanol–water partition coefficient (Wildman–Crippen LogP) is 5.10. The van der Waals surface area contributed by atoms with E-state index in [0.29, 0.717) is 6.61 Å². The molecule has 1 atom stereocenters. The van der Waals surface area contributed by atoms with Crippen LogP contribution in [0.1, 0.15) is 65.2 Å². The number of carbonyl (C=O) groups is 1. The smallest absolute Gasteiger partial charge is 0.309 e. The molecule has 20 heavy (non-hydrogen) atoms. The maximum Gasteiger partial charge on any atom is 0.309 e. The van der Waals surface area contributed by atoms with Crippen molar-refractivity contribution in [3.05, 3.63) is 12.7 Å². The molecule has 0 N–H and O–H groups in total. The highest BCUT2D eigenvalue weighted by Gasteiger charge is 2.41. The Morgan fingerprint density at radius 2 is 1.80 bits per heavy atom. The lowest BCUT2D eigenvalue weighted by Crippen LogP contribution is -2.37. The SMILES string of the molecule is C=CCC(CCCC)(C(=O)OCCCCCC)[SiH](C)C. The topological polar surface area (TPSA) is 26.3 Å². The number of carbonyl (C=O) groups excluding carboxylic acids is 1. The van der Waals surface area contributed by atoms with Crippen LogP contribution in [-0.4, -0.2) is 21.4 Å². The lowest BCUT2D eigenvalue weighted by atomic mass is 9.97. The summed E-state index contributed by atoms with van der Waals surface area (Å²) in [6, 6.07) is 0. The number of rotatable bonds is 12. The highest BCUT2D eigenvalue weighted by molar-refractivity contribution is 6.64. The van der Waals surface area contributed by atoms with Crippen LogP contribution in [0.15, 0.2) is 12.7 Å². The summed E-state index contributed by atoms with van der Waals surface area (Å²) in [5.41, 5.74) is 0. The fraction of sp³-hybridized carbons (Fsp3) is 0.824. The third-order valence-electron chi connectivity index (χ3n) is 4.23. The van der Waals surface area contributed by atoms with Crippen molar-refractivity contribution in [2.45, 2.75) is 83.3 Å². The molecule has 0 spiro atoms. The summed E-state index contributed by atoms with van der Waals surface area (Å²) in [6.07, 6.45) is 10.5. The molecule has 0 aliphatic rings. The van der Waals surface area contributed by atoms with E-state index in [4.69, 9.17) is 4.74 Å². The van der Waals surface area contributed by atoms with Crippen LogP contribution in [0.2, 0.25) is 18.1 Å². The summed E-state index contributed by atoms with van der Waals surface area (Å²) < 4.78 is 5.61. The summed E-state index contributed by atoms with van der Waals surface area (Å²) in [6.45, 7) is 13.3. The molecule has 1 unspecified atom stereocenters. The Balaban J connectivity index is 4.56. The van der Waals surface area contributed by atoms with Crippen molar-refractivity contribution in [2.75, 3.05) is 6.61 Å². The summed E-state index contributed by atoms with van der Waals surface area (Å²) in [5, 5.41) is -0.234.